The van der Waals surface area contributed by atoms with Crippen molar-refractivity contribution in [1.82, 2.24) is 9.97 Å². The predicted molar refractivity (Wildman–Crippen MR) is 69.2 cm³/mol. The first-order chi connectivity index (χ1) is 7.58. The summed E-state index contributed by atoms with van der Waals surface area (Å²) in [7, 11) is 0. The third-order valence-electron chi connectivity index (χ3n) is 2.08. The highest BCUT2D eigenvalue weighted by Gasteiger charge is 2.12. The molecule has 84 valence electrons. The van der Waals surface area contributed by atoms with Gasteiger partial charge in [0.2, 0.25) is 0 Å². The van der Waals surface area contributed by atoms with E-state index in [9.17, 15) is 0 Å². The molecule has 0 bridgehead atoms. The van der Waals surface area contributed by atoms with Crippen molar-refractivity contribution in [1.29, 1.82) is 0 Å². The van der Waals surface area contributed by atoms with Crippen LogP contribution in [0.3, 0.4) is 0 Å². The van der Waals surface area contributed by atoms with Crippen LogP contribution in [0.15, 0.2) is 31.9 Å². The number of rotatable bonds is 2. The Labute approximate surface area is 111 Å². The molecule has 0 saturated carbocycles. The van der Waals surface area contributed by atoms with E-state index in [-0.39, 0.29) is 5.92 Å². The average molecular weight is 346 g/mol. The molecule has 0 saturated heterocycles. The molecule has 2 aromatic heterocycles. The highest BCUT2D eigenvalue weighted by atomic mass is 79.9. The van der Waals surface area contributed by atoms with E-state index in [1.54, 1.807) is 6.26 Å². The summed E-state index contributed by atoms with van der Waals surface area (Å²) in [5.41, 5.74) is 0.780. The molecule has 0 unspecified atom stereocenters. The quantitative estimate of drug-likeness (QED) is 0.758. The van der Waals surface area contributed by atoms with E-state index in [4.69, 9.17) is 4.42 Å². The van der Waals surface area contributed by atoms with Gasteiger partial charge >= 0.3 is 0 Å². The zero-order chi connectivity index (χ0) is 11.7. The van der Waals surface area contributed by atoms with Crippen LogP contribution in [0.5, 0.6) is 0 Å². The van der Waals surface area contributed by atoms with E-state index >= 15 is 0 Å². The van der Waals surface area contributed by atoms with Crippen LogP contribution in [0.1, 0.15) is 25.6 Å². The number of hydrogen-bond donors (Lipinski definition) is 0. The summed E-state index contributed by atoms with van der Waals surface area (Å²) in [6.45, 7) is 4.12. The van der Waals surface area contributed by atoms with Crippen molar-refractivity contribution in [2.75, 3.05) is 0 Å². The predicted octanol–water partition coefficient (Wildman–Crippen LogP) is 4.39. The Bertz CT molecular complexity index is 508. The molecular formula is C11H10Br2N2O. The van der Waals surface area contributed by atoms with Gasteiger partial charge in [0.1, 0.15) is 16.1 Å². The normalized spacial score (nSPS) is 11.1. The second kappa shape index (κ2) is 4.67. The average Bonchev–Trinajstić information content (AvgIpc) is 2.63. The first kappa shape index (κ1) is 11.8. The van der Waals surface area contributed by atoms with Crippen LogP contribution in [0.4, 0.5) is 0 Å². The molecular weight excluding hydrogens is 336 g/mol. The lowest BCUT2D eigenvalue weighted by Crippen LogP contribution is -1.99. The highest BCUT2D eigenvalue weighted by Crippen LogP contribution is 2.29. The van der Waals surface area contributed by atoms with E-state index in [2.05, 4.69) is 55.7 Å². The molecule has 0 spiro atoms. The third-order valence-corrected chi connectivity index (χ3v) is 3.11. The first-order valence-electron chi connectivity index (χ1n) is 4.85. The Hall–Kier alpha value is -0.680. The van der Waals surface area contributed by atoms with Crippen molar-refractivity contribution in [2.24, 2.45) is 0 Å². The van der Waals surface area contributed by atoms with Crippen molar-refractivity contribution < 1.29 is 4.42 Å². The van der Waals surface area contributed by atoms with Gasteiger partial charge in [0, 0.05) is 12.0 Å². The number of aromatic nitrogens is 2. The molecule has 2 heterocycles. The molecule has 0 aliphatic heterocycles. The molecule has 2 aromatic rings. The minimum atomic E-state index is 0.282. The topological polar surface area (TPSA) is 38.9 Å². The molecule has 2 rings (SSSR count). The van der Waals surface area contributed by atoms with E-state index in [1.807, 2.05) is 12.1 Å². The number of hydrogen-bond acceptors (Lipinski definition) is 3. The molecule has 0 radical (unpaired) electrons. The van der Waals surface area contributed by atoms with E-state index in [0.29, 0.717) is 0 Å². The Kier molecular flexibility index (Phi) is 3.44. The smallest absolute Gasteiger partial charge is 0.166 e. The van der Waals surface area contributed by atoms with Gasteiger partial charge in [-0.1, -0.05) is 13.8 Å². The Balaban J connectivity index is 2.54. The van der Waals surface area contributed by atoms with E-state index in [1.165, 1.54) is 0 Å². The minimum absolute atomic E-state index is 0.282. The van der Waals surface area contributed by atoms with Crippen LogP contribution < -0.4 is 0 Å². The van der Waals surface area contributed by atoms with Crippen molar-refractivity contribution in [3.05, 3.63) is 33.3 Å². The van der Waals surface area contributed by atoms with Gasteiger partial charge in [-0.15, -0.1) is 0 Å². The van der Waals surface area contributed by atoms with Gasteiger partial charge in [0.25, 0.3) is 0 Å². The van der Waals surface area contributed by atoms with Gasteiger partial charge in [0.05, 0.1) is 10.7 Å². The molecule has 0 aliphatic carbocycles. The molecule has 5 heteroatoms. The maximum atomic E-state index is 5.38. The van der Waals surface area contributed by atoms with Crippen LogP contribution in [0.2, 0.25) is 0 Å². The summed E-state index contributed by atoms with van der Waals surface area (Å²) in [6.07, 6.45) is 1.63. The van der Waals surface area contributed by atoms with Gasteiger partial charge in [-0.3, -0.25) is 0 Å². The summed E-state index contributed by atoms with van der Waals surface area (Å²) in [6, 6.07) is 3.69. The molecule has 0 aliphatic rings. The molecule has 0 atom stereocenters. The fourth-order valence-electron chi connectivity index (χ4n) is 1.29. The fraction of sp³-hybridized carbons (Fsp3) is 0.273. The molecule has 16 heavy (non-hydrogen) atoms. The lowest BCUT2D eigenvalue weighted by Gasteiger charge is -2.06. The van der Waals surface area contributed by atoms with Crippen LogP contribution in [0, 0.1) is 0 Å². The summed E-state index contributed by atoms with van der Waals surface area (Å²) < 4.78 is 7.05. The molecule has 3 nitrogen and oxygen atoms in total. The van der Waals surface area contributed by atoms with Crippen molar-refractivity contribution in [2.45, 2.75) is 19.8 Å². The van der Waals surface area contributed by atoms with Crippen LogP contribution >= 0.6 is 31.9 Å². The van der Waals surface area contributed by atoms with E-state index in [0.717, 1.165) is 26.4 Å². The Morgan fingerprint density at radius 3 is 2.56 bits per heavy atom. The highest BCUT2D eigenvalue weighted by molar-refractivity contribution is 9.10. The fourth-order valence-corrected chi connectivity index (χ4v) is 2.09. The second-order valence-electron chi connectivity index (χ2n) is 3.69. The Morgan fingerprint density at radius 2 is 2.00 bits per heavy atom. The van der Waals surface area contributed by atoms with Gasteiger partial charge in [0.15, 0.2) is 5.76 Å². The monoisotopic (exact) mass is 344 g/mol. The maximum Gasteiger partial charge on any atom is 0.166 e. The Morgan fingerprint density at radius 1 is 1.25 bits per heavy atom. The number of halogens is 2. The first-order valence-corrected chi connectivity index (χ1v) is 6.44. The van der Waals surface area contributed by atoms with Crippen LogP contribution in [-0.4, -0.2) is 9.97 Å². The van der Waals surface area contributed by atoms with Crippen LogP contribution in [-0.2, 0) is 0 Å². The van der Waals surface area contributed by atoms with Gasteiger partial charge < -0.3 is 4.42 Å². The third kappa shape index (κ3) is 2.35. The summed E-state index contributed by atoms with van der Waals surface area (Å²) in [4.78, 5) is 8.79. The minimum Gasteiger partial charge on any atom is -0.461 e. The van der Waals surface area contributed by atoms with Gasteiger partial charge in [-0.2, -0.15) is 0 Å². The zero-order valence-electron chi connectivity index (χ0n) is 8.87. The number of nitrogens with zero attached hydrogens (tertiary/aromatic N) is 2. The molecule has 0 N–H and O–H groups in total. The van der Waals surface area contributed by atoms with Crippen molar-refractivity contribution >= 4 is 31.9 Å². The van der Waals surface area contributed by atoms with Crippen LogP contribution in [0.25, 0.3) is 11.5 Å². The van der Waals surface area contributed by atoms with Gasteiger partial charge in [-0.25, -0.2) is 9.97 Å². The summed E-state index contributed by atoms with van der Waals surface area (Å²) >= 11 is 6.80. The largest absolute Gasteiger partial charge is 0.461 e. The standard InChI is InChI=1S/C11H10Br2N2O/c1-6(2)11-14-8(5-9(13)15-11)10-7(12)3-4-16-10/h3-6H,1-2H3. The number of furan rings is 1. The van der Waals surface area contributed by atoms with Gasteiger partial charge in [-0.05, 0) is 37.9 Å². The maximum absolute atomic E-state index is 5.38. The lowest BCUT2D eigenvalue weighted by atomic mass is 10.2. The SMILES string of the molecule is CC(C)c1nc(Br)cc(-c2occc2Br)n1. The second-order valence-corrected chi connectivity index (χ2v) is 5.35. The lowest BCUT2D eigenvalue weighted by molar-refractivity contribution is 0.577. The molecule has 0 amide bonds. The summed E-state index contributed by atoms with van der Waals surface area (Å²) in [5, 5.41) is 0. The van der Waals surface area contributed by atoms with Crippen molar-refractivity contribution in [3.8, 4) is 11.5 Å². The molecule has 0 aromatic carbocycles. The van der Waals surface area contributed by atoms with Crippen molar-refractivity contribution in [3.63, 3.8) is 0 Å². The molecule has 0 fully saturated rings. The van der Waals surface area contributed by atoms with E-state index < -0.39 is 0 Å². The zero-order valence-corrected chi connectivity index (χ0v) is 12.0. The summed E-state index contributed by atoms with van der Waals surface area (Å²) in [5.74, 6) is 1.81.